The molecule has 7 heteroatoms. The number of ether oxygens (including phenoxy) is 1. The molecule has 2 rings (SSSR count). The summed E-state index contributed by atoms with van der Waals surface area (Å²) in [4.78, 5) is 12.5. The Balaban J connectivity index is 2.23. The molecule has 0 aliphatic carbocycles. The fraction of sp³-hybridized carbons (Fsp3) is 0.450. The molecule has 1 aromatic carbocycles. The average molecular weight is 389 g/mol. The molecule has 27 heavy (non-hydrogen) atoms. The first-order valence-electron chi connectivity index (χ1n) is 8.98. The topological polar surface area (TPSA) is 69.0 Å². The Morgan fingerprint density at radius 3 is 2.59 bits per heavy atom. The lowest BCUT2D eigenvalue weighted by atomic mass is 10.0. The summed E-state index contributed by atoms with van der Waals surface area (Å²) in [6.45, 7) is 12.4. The second-order valence-corrected chi connectivity index (χ2v) is 8.23. The van der Waals surface area contributed by atoms with E-state index in [4.69, 9.17) is 4.74 Å². The van der Waals surface area contributed by atoms with Crippen molar-refractivity contribution in [2.45, 2.75) is 56.6 Å². The third kappa shape index (κ3) is 5.35. The van der Waals surface area contributed by atoms with Gasteiger partial charge in [-0.2, -0.15) is 0 Å². The van der Waals surface area contributed by atoms with Crippen molar-refractivity contribution < 1.29 is 9.53 Å². The van der Waals surface area contributed by atoms with Crippen LogP contribution < -0.4 is 10.1 Å². The fourth-order valence-corrected chi connectivity index (χ4v) is 3.22. The highest BCUT2D eigenvalue weighted by Gasteiger charge is 2.24. The molecule has 6 nitrogen and oxygen atoms in total. The van der Waals surface area contributed by atoms with Gasteiger partial charge in [0.1, 0.15) is 5.75 Å². The Bertz CT molecular complexity index is 784. The van der Waals surface area contributed by atoms with Crippen LogP contribution in [0.4, 0.5) is 0 Å². The van der Waals surface area contributed by atoms with Crippen molar-refractivity contribution in [3.63, 3.8) is 0 Å². The van der Waals surface area contributed by atoms with E-state index < -0.39 is 0 Å². The number of allylic oxidation sites excluding steroid dienone is 1. The molecule has 146 valence electrons. The smallest absolute Gasteiger partial charge is 0.233 e. The van der Waals surface area contributed by atoms with Crippen LogP contribution in [0.25, 0.3) is 11.4 Å². The standard InChI is InChI=1S/C20H28N4O2S/c1-7-13-24-17(15-9-11-16(26-6)12-10-15)22-23-19(24)27-14(3)18(25)21-20(4,5)8-2/h7,9-12,14H,1,8,13H2,2-6H3,(H,21,25). The number of nitrogens with zero attached hydrogens (tertiary/aromatic N) is 3. The highest BCUT2D eigenvalue weighted by molar-refractivity contribution is 8.00. The van der Waals surface area contributed by atoms with E-state index >= 15 is 0 Å². The zero-order valence-electron chi connectivity index (χ0n) is 16.7. The number of benzene rings is 1. The van der Waals surface area contributed by atoms with Crippen molar-refractivity contribution in [3.8, 4) is 17.1 Å². The summed E-state index contributed by atoms with van der Waals surface area (Å²) in [7, 11) is 1.64. The molecule has 1 aromatic heterocycles. The van der Waals surface area contributed by atoms with Gasteiger partial charge in [-0.25, -0.2) is 0 Å². The molecule has 0 aliphatic rings. The van der Waals surface area contributed by atoms with Gasteiger partial charge in [0, 0.05) is 17.6 Å². The summed E-state index contributed by atoms with van der Waals surface area (Å²) in [5.41, 5.74) is 0.704. The lowest BCUT2D eigenvalue weighted by Gasteiger charge is -2.26. The van der Waals surface area contributed by atoms with Crippen LogP contribution in [-0.4, -0.2) is 38.6 Å². The Kier molecular flexibility index (Phi) is 7.07. The van der Waals surface area contributed by atoms with Gasteiger partial charge < -0.3 is 10.1 Å². The van der Waals surface area contributed by atoms with E-state index in [1.807, 2.05) is 49.6 Å². The van der Waals surface area contributed by atoms with Crippen LogP contribution in [0.15, 0.2) is 42.1 Å². The zero-order valence-corrected chi connectivity index (χ0v) is 17.5. The van der Waals surface area contributed by atoms with Crippen LogP contribution in [-0.2, 0) is 11.3 Å². The highest BCUT2D eigenvalue weighted by Crippen LogP contribution is 2.28. The maximum absolute atomic E-state index is 12.5. The predicted octanol–water partition coefficient (Wildman–Crippen LogP) is 3.93. The minimum atomic E-state index is -0.285. The lowest BCUT2D eigenvalue weighted by molar-refractivity contribution is -0.121. The molecule has 0 radical (unpaired) electrons. The molecule has 1 amide bonds. The van der Waals surface area contributed by atoms with Crippen LogP contribution in [0.3, 0.4) is 0 Å². The average Bonchev–Trinajstić information content (AvgIpc) is 3.04. The number of amides is 1. The number of methoxy groups -OCH3 is 1. The van der Waals surface area contributed by atoms with Crippen LogP contribution in [0, 0.1) is 0 Å². The minimum Gasteiger partial charge on any atom is -0.497 e. The molecular weight excluding hydrogens is 360 g/mol. The van der Waals surface area contributed by atoms with Gasteiger partial charge in [-0.3, -0.25) is 9.36 Å². The molecule has 1 heterocycles. The fourth-order valence-electron chi connectivity index (χ4n) is 2.36. The Morgan fingerprint density at radius 2 is 2.04 bits per heavy atom. The van der Waals surface area contributed by atoms with Crippen LogP contribution >= 0.6 is 11.8 Å². The van der Waals surface area contributed by atoms with Crippen LogP contribution in [0.1, 0.15) is 34.1 Å². The largest absolute Gasteiger partial charge is 0.497 e. The molecule has 0 saturated carbocycles. The number of nitrogens with one attached hydrogen (secondary N) is 1. The molecule has 1 atom stereocenters. The van der Waals surface area contributed by atoms with Crippen LogP contribution in [0.5, 0.6) is 5.75 Å². The number of carbonyl (C=O) groups excluding carboxylic acids is 1. The summed E-state index contributed by atoms with van der Waals surface area (Å²) in [5.74, 6) is 1.51. The number of hydrogen-bond donors (Lipinski definition) is 1. The number of thioether (sulfide) groups is 1. The number of rotatable bonds is 9. The quantitative estimate of drug-likeness (QED) is 0.521. The first kappa shape index (κ1) is 21.0. The maximum atomic E-state index is 12.5. The monoisotopic (exact) mass is 388 g/mol. The molecule has 0 fully saturated rings. The number of aromatic nitrogens is 3. The first-order valence-corrected chi connectivity index (χ1v) is 9.86. The van der Waals surface area contributed by atoms with E-state index in [9.17, 15) is 4.79 Å². The molecule has 1 N–H and O–H groups in total. The van der Waals surface area contributed by atoms with Gasteiger partial charge in [-0.1, -0.05) is 24.8 Å². The van der Waals surface area contributed by atoms with Crippen LogP contribution in [0.2, 0.25) is 0 Å². The van der Waals surface area contributed by atoms with Crippen molar-refractivity contribution in [3.05, 3.63) is 36.9 Å². The third-order valence-corrected chi connectivity index (χ3v) is 5.45. The zero-order chi connectivity index (χ0) is 20.0. The molecule has 1 unspecified atom stereocenters. The Labute approximate surface area is 165 Å². The summed E-state index contributed by atoms with van der Waals surface area (Å²) in [5, 5.41) is 12.1. The van der Waals surface area contributed by atoms with E-state index in [-0.39, 0.29) is 16.7 Å². The van der Waals surface area contributed by atoms with Gasteiger partial charge in [0.2, 0.25) is 5.91 Å². The van der Waals surface area contributed by atoms with E-state index in [1.54, 1.807) is 13.2 Å². The minimum absolute atomic E-state index is 0.00833. The van der Waals surface area contributed by atoms with Crippen molar-refractivity contribution in [2.24, 2.45) is 0 Å². The van der Waals surface area contributed by atoms with Crippen molar-refractivity contribution in [1.29, 1.82) is 0 Å². The third-order valence-electron chi connectivity index (χ3n) is 4.37. The van der Waals surface area contributed by atoms with E-state index in [0.29, 0.717) is 11.7 Å². The molecule has 0 spiro atoms. The second kappa shape index (κ2) is 9.08. The van der Waals surface area contributed by atoms with E-state index in [0.717, 1.165) is 23.6 Å². The Hall–Kier alpha value is -2.28. The van der Waals surface area contributed by atoms with Gasteiger partial charge in [-0.15, -0.1) is 16.8 Å². The van der Waals surface area contributed by atoms with Gasteiger partial charge in [0.15, 0.2) is 11.0 Å². The van der Waals surface area contributed by atoms with E-state index in [2.05, 4.69) is 29.0 Å². The summed E-state index contributed by atoms with van der Waals surface area (Å²) in [6.07, 6.45) is 2.66. The Morgan fingerprint density at radius 1 is 1.37 bits per heavy atom. The summed E-state index contributed by atoms with van der Waals surface area (Å²) in [6, 6.07) is 7.66. The number of carbonyl (C=O) groups is 1. The molecule has 0 saturated heterocycles. The van der Waals surface area contributed by atoms with Gasteiger partial charge in [0.25, 0.3) is 0 Å². The van der Waals surface area contributed by atoms with E-state index in [1.165, 1.54) is 11.8 Å². The normalized spacial score (nSPS) is 12.5. The van der Waals surface area contributed by atoms with Gasteiger partial charge in [-0.05, 0) is 51.5 Å². The lowest BCUT2D eigenvalue weighted by Crippen LogP contribution is -2.46. The number of hydrogen-bond acceptors (Lipinski definition) is 5. The highest BCUT2D eigenvalue weighted by atomic mass is 32.2. The van der Waals surface area contributed by atoms with Crippen molar-refractivity contribution in [1.82, 2.24) is 20.1 Å². The molecule has 2 aromatic rings. The van der Waals surface area contributed by atoms with Crippen molar-refractivity contribution >= 4 is 17.7 Å². The SMILES string of the molecule is C=CCn1c(SC(C)C(=O)NC(C)(C)CC)nnc1-c1ccc(OC)cc1. The summed E-state index contributed by atoms with van der Waals surface area (Å²) >= 11 is 1.40. The van der Waals surface area contributed by atoms with Gasteiger partial charge in [0.05, 0.1) is 12.4 Å². The van der Waals surface area contributed by atoms with Crippen molar-refractivity contribution in [2.75, 3.05) is 7.11 Å². The van der Waals surface area contributed by atoms with Gasteiger partial charge >= 0.3 is 0 Å². The predicted molar refractivity (Wildman–Crippen MR) is 110 cm³/mol. The second-order valence-electron chi connectivity index (χ2n) is 6.92. The maximum Gasteiger partial charge on any atom is 0.233 e. The summed E-state index contributed by atoms with van der Waals surface area (Å²) < 4.78 is 7.17. The molecular formula is C20H28N4O2S. The molecule has 0 bridgehead atoms. The first-order chi connectivity index (χ1) is 12.8. The molecule has 0 aliphatic heterocycles.